The van der Waals surface area contributed by atoms with Gasteiger partial charge in [0, 0.05) is 6.04 Å². The third-order valence-corrected chi connectivity index (χ3v) is 3.91. The number of hydrogen-bond donors (Lipinski definition) is 1. The van der Waals surface area contributed by atoms with Gasteiger partial charge in [-0.3, -0.25) is 0 Å². The summed E-state index contributed by atoms with van der Waals surface area (Å²) >= 11 is 0. The van der Waals surface area contributed by atoms with Gasteiger partial charge in [-0.15, -0.1) is 0 Å². The van der Waals surface area contributed by atoms with E-state index >= 15 is 0 Å². The van der Waals surface area contributed by atoms with E-state index in [0.29, 0.717) is 0 Å². The molecular weight excluding hydrogens is 194 g/mol. The van der Waals surface area contributed by atoms with Crippen LogP contribution in [-0.2, 0) is 0 Å². The average molecular weight is 225 g/mol. The lowest BCUT2D eigenvalue weighted by Gasteiger charge is -2.24. The Morgan fingerprint density at radius 2 is 1.81 bits per heavy atom. The summed E-state index contributed by atoms with van der Waals surface area (Å²) in [5.41, 5.74) is 0. The van der Waals surface area contributed by atoms with E-state index < -0.39 is 0 Å². The van der Waals surface area contributed by atoms with Gasteiger partial charge >= 0.3 is 0 Å². The van der Waals surface area contributed by atoms with Crippen molar-refractivity contribution in [2.24, 2.45) is 5.92 Å². The van der Waals surface area contributed by atoms with Crippen molar-refractivity contribution in [1.82, 2.24) is 5.32 Å². The van der Waals surface area contributed by atoms with Crippen LogP contribution >= 0.6 is 0 Å². The maximum atomic E-state index is 3.76. The van der Waals surface area contributed by atoms with Crippen molar-refractivity contribution in [2.45, 2.75) is 84.1 Å². The standard InChI is InChI=1S/C15H31N/c1-3-4-5-7-10-14(2)13-16-15-11-8-6-9-12-15/h14-16H,3-13H2,1-2H3. The summed E-state index contributed by atoms with van der Waals surface area (Å²) < 4.78 is 0. The van der Waals surface area contributed by atoms with E-state index in [0.717, 1.165) is 12.0 Å². The third-order valence-electron chi connectivity index (χ3n) is 3.91. The molecule has 0 aliphatic heterocycles. The predicted octanol–water partition coefficient (Wildman–Crippen LogP) is 4.52. The van der Waals surface area contributed by atoms with Crippen molar-refractivity contribution in [3.63, 3.8) is 0 Å². The zero-order valence-corrected chi connectivity index (χ0v) is 11.4. The van der Waals surface area contributed by atoms with Gasteiger partial charge in [-0.2, -0.15) is 0 Å². The van der Waals surface area contributed by atoms with E-state index in [2.05, 4.69) is 19.2 Å². The molecule has 0 bridgehead atoms. The van der Waals surface area contributed by atoms with Crippen LogP contribution in [0.5, 0.6) is 0 Å². The molecule has 1 unspecified atom stereocenters. The Balaban J connectivity index is 1.94. The minimum absolute atomic E-state index is 0.840. The summed E-state index contributed by atoms with van der Waals surface area (Å²) in [5.74, 6) is 0.874. The molecule has 0 radical (unpaired) electrons. The Morgan fingerprint density at radius 1 is 1.06 bits per heavy atom. The van der Waals surface area contributed by atoms with Crippen molar-refractivity contribution in [3.05, 3.63) is 0 Å². The first kappa shape index (κ1) is 14.0. The van der Waals surface area contributed by atoms with E-state index in [-0.39, 0.29) is 0 Å². The molecule has 0 spiro atoms. The van der Waals surface area contributed by atoms with E-state index in [1.54, 1.807) is 0 Å². The Kier molecular flexibility index (Phi) is 7.92. The third kappa shape index (κ3) is 6.52. The van der Waals surface area contributed by atoms with E-state index in [1.165, 1.54) is 70.8 Å². The zero-order valence-electron chi connectivity index (χ0n) is 11.4. The van der Waals surface area contributed by atoms with E-state index in [4.69, 9.17) is 0 Å². The van der Waals surface area contributed by atoms with Crippen molar-refractivity contribution in [3.8, 4) is 0 Å². The second kappa shape index (κ2) is 9.04. The fourth-order valence-electron chi connectivity index (χ4n) is 2.70. The first-order chi connectivity index (χ1) is 7.83. The molecule has 1 aliphatic rings. The minimum atomic E-state index is 0.840. The zero-order chi connectivity index (χ0) is 11.6. The van der Waals surface area contributed by atoms with Crippen molar-refractivity contribution >= 4 is 0 Å². The van der Waals surface area contributed by atoms with Crippen LogP contribution in [0.25, 0.3) is 0 Å². The Morgan fingerprint density at radius 3 is 2.50 bits per heavy atom. The molecule has 1 N–H and O–H groups in total. The van der Waals surface area contributed by atoms with Gasteiger partial charge in [-0.1, -0.05) is 58.8 Å². The van der Waals surface area contributed by atoms with Crippen LogP contribution in [-0.4, -0.2) is 12.6 Å². The number of rotatable bonds is 8. The fraction of sp³-hybridized carbons (Fsp3) is 1.00. The molecule has 1 heteroatoms. The number of unbranched alkanes of at least 4 members (excludes halogenated alkanes) is 3. The maximum absolute atomic E-state index is 3.76. The lowest BCUT2D eigenvalue weighted by atomic mass is 9.94. The van der Waals surface area contributed by atoms with Gasteiger partial charge in [0.25, 0.3) is 0 Å². The minimum Gasteiger partial charge on any atom is -0.314 e. The van der Waals surface area contributed by atoms with Crippen LogP contribution in [0.1, 0.15) is 78.1 Å². The van der Waals surface area contributed by atoms with Gasteiger partial charge in [-0.25, -0.2) is 0 Å². The monoisotopic (exact) mass is 225 g/mol. The number of nitrogens with one attached hydrogen (secondary N) is 1. The Bertz CT molecular complexity index is 150. The Labute approximate surface area is 102 Å². The lowest BCUT2D eigenvalue weighted by Crippen LogP contribution is -2.34. The van der Waals surface area contributed by atoms with Crippen LogP contribution in [0, 0.1) is 5.92 Å². The van der Waals surface area contributed by atoms with Gasteiger partial charge in [-0.05, 0) is 31.7 Å². The molecule has 96 valence electrons. The summed E-state index contributed by atoms with van der Waals surface area (Å²) in [6.07, 6.45) is 14.3. The molecule has 16 heavy (non-hydrogen) atoms. The smallest absolute Gasteiger partial charge is 0.00671 e. The van der Waals surface area contributed by atoms with E-state index in [1.807, 2.05) is 0 Å². The quantitative estimate of drug-likeness (QED) is 0.599. The molecule has 1 atom stereocenters. The molecule has 0 heterocycles. The van der Waals surface area contributed by atoms with Crippen LogP contribution in [0.15, 0.2) is 0 Å². The molecule has 1 saturated carbocycles. The second-order valence-corrected chi connectivity index (χ2v) is 5.70. The highest BCUT2D eigenvalue weighted by Gasteiger charge is 2.13. The Hall–Kier alpha value is -0.0400. The molecule has 1 fully saturated rings. The van der Waals surface area contributed by atoms with Crippen LogP contribution in [0.2, 0.25) is 0 Å². The van der Waals surface area contributed by atoms with Crippen LogP contribution in [0.4, 0.5) is 0 Å². The van der Waals surface area contributed by atoms with Crippen molar-refractivity contribution in [1.29, 1.82) is 0 Å². The molecule has 1 aliphatic carbocycles. The summed E-state index contributed by atoms with van der Waals surface area (Å²) in [4.78, 5) is 0. The molecule has 0 aromatic rings. The van der Waals surface area contributed by atoms with E-state index in [9.17, 15) is 0 Å². The molecule has 0 aromatic heterocycles. The lowest BCUT2D eigenvalue weighted by molar-refractivity contribution is 0.343. The summed E-state index contributed by atoms with van der Waals surface area (Å²) in [6.45, 7) is 5.94. The topological polar surface area (TPSA) is 12.0 Å². The maximum Gasteiger partial charge on any atom is 0.00671 e. The normalized spacial score (nSPS) is 19.9. The molecule has 0 aromatic carbocycles. The predicted molar refractivity (Wildman–Crippen MR) is 72.8 cm³/mol. The van der Waals surface area contributed by atoms with Crippen molar-refractivity contribution < 1.29 is 0 Å². The molecule has 1 rings (SSSR count). The average Bonchev–Trinajstić information content (AvgIpc) is 2.33. The van der Waals surface area contributed by atoms with Crippen LogP contribution < -0.4 is 5.32 Å². The first-order valence-electron chi connectivity index (χ1n) is 7.56. The fourth-order valence-corrected chi connectivity index (χ4v) is 2.70. The SMILES string of the molecule is CCCCCCC(C)CNC1CCCCC1. The van der Waals surface area contributed by atoms with Crippen molar-refractivity contribution in [2.75, 3.05) is 6.54 Å². The largest absolute Gasteiger partial charge is 0.314 e. The van der Waals surface area contributed by atoms with Gasteiger partial charge in [0.15, 0.2) is 0 Å². The van der Waals surface area contributed by atoms with Gasteiger partial charge in [0.1, 0.15) is 0 Å². The highest BCUT2D eigenvalue weighted by atomic mass is 14.9. The molecule has 1 nitrogen and oxygen atoms in total. The first-order valence-corrected chi connectivity index (χ1v) is 7.56. The highest BCUT2D eigenvalue weighted by molar-refractivity contribution is 4.72. The number of hydrogen-bond acceptors (Lipinski definition) is 1. The molecule has 0 saturated heterocycles. The van der Waals surface area contributed by atoms with Crippen LogP contribution in [0.3, 0.4) is 0 Å². The van der Waals surface area contributed by atoms with Gasteiger partial charge < -0.3 is 5.32 Å². The summed E-state index contributed by atoms with van der Waals surface area (Å²) in [7, 11) is 0. The summed E-state index contributed by atoms with van der Waals surface area (Å²) in [5, 5.41) is 3.76. The molecular formula is C15H31N. The summed E-state index contributed by atoms with van der Waals surface area (Å²) in [6, 6.07) is 0.840. The van der Waals surface area contributed by atoms with Gasteiger partial charge in [0.2, 0.25) is 0 Å². The highest BCUT2D eigenvalue weighted by Crippen LogP contribution is 2.18. The second-order valence-electron chi connectivity index (χ2n) is 5.70. The molecule has 0 amide bonds. The van der Waals surface area contributed by atoms with Gasteiger partial charge in [0.05, 0.1) is 0 Å².